The molecule has 2 aliphatic rings. The summed E-state index contributed by atoms with van der Waals surface area (Å²) in [6.45, 7) is 9.25. The van der Waals surface area contributed by atoms with Crippen molar-refractivity contribution in [3.8, 4) is 22.8 Å². The number of pyridine rings is 1. The first-order valence-electron chi connectivity index (χ1n) is 13.9. The Hall–Kier alpha value is -3.39. The van der Waals surface area contributed by atoms with E-state index in [1.165, 1.54) is 85.9 Å². The number of ether oxygens (including phenoxy) is 1. The van der Waals surface area contributed by atoms with Gasteiger partial charge in [0.05, 0.1) is 10.9 Å². The van der Waals surface area contributed by atoms with Crippen molar-refractivity contribution in [2.24, 2.45) is 12.5 Å². The molecule has 0 atom stereocenters. The Labute approximate surface area is 219 Å². The average Bonchev–Trinajstić information content (AvgIpc) is 3.41. The SMILES string of the molecule is Cc1c2c(c(CC(C)(C)C)c3ccccc13)Oc1cc3cccc(C4CCCC4)c3c3cc[n+](C)c-2c13. The minimum atomic E-state index is 0.142. The van der Waals surface area contributed by atoms with Gasteiger partial charge in [0.25, 0.3) is 0 Å². The summed E-state index contributed by atoms with van der Waals surface area (Å²) in [7, 11) is 2.19. The highest BCUT2D eigenvalue weighted by atomic mass is 16.5. The molecular formula is C35H36NO+. The van der Waals surface area contributed by atoms with Gasteiger partial charge in [0, 0.05) is 17.0 Å². The fraction of sp³-hybridized carbons (Fsp3) is 0.343. The smallest absolute Gasteiger partial charge is 0.228 e. The van der Waals surface area contributed by atoms with Gasteiger partial charge in [0.2, 0.25) is 5.69 Å². The largest absolute Gasteiger partial charge is 0.455 e. The monoisotopic (exact) mass is 486 g/mol. The first kappa shape index (κ1) is 22.8. The molecule has 1 aromatic heterocycles. The van der Waals surface area contributed by atoms with E-state index in [4.69, 9.17) is 4.74 Å². The van der Waals surface area contributed by atoms with Crippen molar-refractivity contribution in [2.75, 3.05) is 0 Å². The maximum atomic E-state index is 7.03. The lowest BCUT2D eigenvalue weighted by Crippen LogP contribution is -2.32. The molecule has 5 aromatic rings. The number of fused-ring (bicyclic) bond motifs is 5. The van der Waals surface area contributed by atoms with Crippen molar-refractivity contribution in [2.45, 2.75) is 65.7 Å². The van der Waals surface area contributed by atoms with Crippen LogP contribution < -0.4 is 9.30 Å². The van der Waals surface area contributed by atoms with E-state index >= 15 is 0 Å². The summed E-state index contributed by atoms with van der Waals surface area (Å²) in [6, 6.07) is 20.4. The maximum absolute atomic E-state index is 7.03. The van der Waals surface area contributed by atoms with Crippen LogP contribution in [0.5, 0.6) is 11.5 Å². The molecule has 1 saturated carbocycles. The van der Waals surface area contributed by atoms with E-state index in [0.29, 0.717) is 5.92 Å². The van der Waals surface area contributed by atoms with Gasteiger partial charge in [-0.3, -0.25) is 0 Å². The van der Waals surface area contributed by atoms with Gasteiger partial charge in [0.1, 0.15) is 18.5 Å². The maximum Gasteiger partial charge on any atom is 0.228 e. The summed E-state index contributed by atoms with van der Waals surface area (Å²) in [5.74, 6) is 2.71. The van der Waals surface area contributed by atoms with Gasteiger partial charge in [0.15, 0.2) is 6.20 Å². The van der Waals surface area contributed by atoms with Crippen LogP contribution >= 0.6 is 0 Å². The number of aromatic nitrogens is 1. The van der Waals surface area contributed by atoms with Crippen molar-refractivity contribution >= 4 is 32.3 Å². The van der Waals surface area contributed by atoms with E-state index in [0.717, 1.165) is 17.9 Å². The first-order valence-corrected chi connectivity index (χ1v) is 13.9. The Morgan fingerprint density at radius 3 is 2.41 bits per heavy atom. The minimum absolute atomic E-state index is 0.142. The molecule has 1 fully saturated rings. The molecule has 1 aliphatic heterocycles. The number of aryl methyl sites for hydroxylation is 2. The van der Waals surface area contributed by atoms with Crippen molar-refractivity contribution in [3.05, 3.63) is 77.5 Å². The lowest BCUT2D eigenvalue weighted by molar-refractivity contribution is -0.659. The molecule has 0 bridgehead atoms. The van der Waals surface area contributed by atoms with E-state index in [1.54, 1.807) is 0 Å². The van der Waals surface area contributed by atoms with Gasteiger partial charge >= 0.3 is 0 Å². The molecule has 2 heteroatoms. The topological polar surface area (TPSA) is 13.1 Å². The second kappa shape index (κ2) is 8.05. The number of hydrogen-bond donors (Lipinski definition) is 0. The summed E-state index contributed by atoms with van der Waals surface area (Å²) in [4.78, 5) is 0. The Morgan fingerprint density at radius 1 is 0.892 bits per heavy atom. The van der Waals surface area contributed by atoms with Crippen LogP contribution in [-0.2, 0) is 13.5 Å². The summed E-state index contributed by atoms with van der Waals surface area (Å²) in [5.41, 5.74) is 6.85. The van der Waals surface area contributed by atoms with E-state index in [2.05, 4.69) is 100 Å². The third-order valence-corrected chi connectivity index (χ3v) is 8.74. The molecule has 7 rings (SSSR count). The van der Waals surface area contributed by atoms with Crippen LogP contribution in [0.15, 0.2) is 60.8 Å². The number of rotatable bonds is 2. The van der Waals surface area contributed by atoms with Gasteiger partial charge in [-0.2, -0.15) is 0 Å². The third kappa shape index (κ3) is 3.41. The van der Waals surface area contributed by atoms with Gasteiger partial charge < -0.3 is 4.74 Å². The zero-order valence-electron chi connectivity index (χ0n) is 22.7. The van der Waals surface area contributed by atoms with Crippen LogP contribution in [0.3, 0.4) is 0 Å². The van der Waals surface area contributed by atoms with Crippen LogP contribution in [0.2, 0.25) is 0 Å². The standard InChI is InChI=1S/C35H36NO/c1-21-24-14-8-9-15-26(24)28(20-35(2,3)4)34-30(21)33-32-27(17-18-36(33)5)31-23(19-29(32)37-34)13-10-16-25(31)22-11-6-7-12-22/h8-10,13-19,22H,6-7,11-12,20H2,1-5H3/q+1. The normalized spacial score (nSPS) is 15.5. The number of hydrogen-bond acceptors (Lipinski definition) is 1. The van der Waals surface area contributed by atoms with Crippen LogP contribution in [0.25, 0.3) is 43.6 Å². The fourth-order valence-corrected chi connectivity index (χ4v) is 7.16. The first-order chi connectivity index (χ1) is 17.8. The van der Waals surface area contributed by atoms with Crippen molar-refractivity contribution in [3.63, 3.8) is 0 Å². The Balaban J connectivity index is 1.62. The van der Waals surface area contributed by atoms with Gasteiger partial charge in [-0.1, -0.05) is 76.1 Å². The van der Waals surface area contributed by atoms with Gasteiger partial charge in [-0.05, 0) is 76.3 Å². The molecular weight excluding hydrogens is 450 g/mol. The summed E-state index contributed by atoms with van der Waals surface area (Å²) in [5, 5.41) is 7.96. The highest BCUT2D eigenvalue weighted by molar-refractivity contribution is 6.17. The molecule has 0 unspecified atom stereocenters. The average molecular weight is 487 g/mol. The molecule has 0 N–H and O–H groups in total. The number of benzene rings is 4. The molecule has 4 aromatic carbocycles. The zero-order valence-corrected chi connectivity index (χ0v) is 22.7. The second-order valence-electron chi connectivity index (χ2n) is 12.6. The molecule has 0 spiro atoms. The lowest BCUT2D eigenvalue weighted by atomic mass is 9.81. The molecule has 186 valence electrons. The van der Waals surface area contributed by atoms with Gasteiger partial charge in [-0.15, -0.1) is 0 Å². The molecule has 2 nitrogen and oxygen atoms in total. The number of nitrogens with zero attached hydrogens (tertiary/aromatic N) is 1. The third-order valence-electron chi connectivity index (χ3n) is 8.74. The Bertz CT molecular complexity index is 1730. The molecule has 37 heavy (non-hydrogen) atoms. The fourth-order valence-electron chi connectivity index (χ4n) is 7.16. The van der Waals surface area contributed by atoms with Gasteiger partial charge in [-0.25, -0.2) is 4.57 Å². The zero-order chi connectivity index (χ0) is 25.5. The van der Waals surface area contributed by atoms with Crippen LogP contribution in [0.1, 0.15) is 69.1 Å². The van der Waals surface area contributed by atoms with Crippen molar-refractivity contribution < 1.29 is 9.30 Å². The molecule has 0 radical (unpaired) electrons. The minimum Gasteiger partial charge on any atom is -0.455 e. The molecule has 0 saturated heterocycles. The highest BCUT2D eigenvalue weighted by Gasteiger charge is 2.35. The van der Waals surface area contributed by atoms with E-state index in [9.17, 15) is 0 Å². The van der Waals surface area contributed by atoms with E-state index in [1.807, 2.05) is 0 Å². The molecule has 1 aliphatic carbocycles. The Morgan fingerprint density at radius 2 is 1.65 bits per heavy atom. The molecule has 0 amide bonds. The lowest BCUT2D eigenvalue weighted by Gasteiger charge is -2.28. The highest BCUT2D eigenvalue weighted by Crippen LogP contribution is 2.53. The van der Waals surface area contributed by atoms with E-state index < -0.39 is 0 Å². The Kier molecular flexibility index (Phi) is 4.96. The van der Waals surface area contributed by atoms with Crippen LogP contribution in [-0.4, -0.2) is 0 Å². The van der Waals surface area contributed by atoms with Crippen LogP contribution in [0, 0.1) is 12.3 Å². The quantitative estimate of drug-likeness (QED) is 0.175. The van der Waals surface area contributed by atoms with Crippen molar-refractivity contribution in [1.29, 1.82) is 0 Å². The predicted molar refractivity (Wildman–Crippen MR) is 155 cm³/mol. The second-order valence-corrected chi connectivity index (χ2v) is 12.6. The summed E-state index contributed by atoms with van der Waals surface area (Å²) in [6.07, 6.45) is 8.52. The van der Waals surface area contributed by atoms with E-state index in [-0.39, 0.29) is 5.41 Å². The molecule has 2 heterocycles. The summed E-state index contributed by atoms with van der Waals surface area (Å²) < 4.78 is 9.35. The summed E-state index contributed by atoms with van der Waals surface area (Å²) >= 11 is 0. The van der Waals surface area contributed by atoms with Crippen LogP contribution in [0.4, 0.5) is 0 Å². The predicted octanol–water partition coefficient (Wildman–Crippen LogP) is 9.30. The van der Waals surface area contributed by atoms with Crippen molar-refractivity contribution in [1.82, 2.24) is 0 Å².